The van der Waals surface area contributed by atoms with E-state index < -0.39 is 0 Å². The molecule has 5 heteroatoms. The van der Waals surface area contributed by atoms with Gasteiger partial charge in [-0.15, -0.1) is 0 Å². The molecule has 144 valence electrons. The topological polar surface area (TPSA) is 48.1 Å². The minimum Gasteiger partial charge on any atom is -0.393 e. The predicted molar refractivity (Wildman–Crippen MR) is 105 cm³/mol. The van der Waals surface area contributed by atoms with Crippen molar-refractivity contribution < 1.29 is 9.90 Å². The number of amides is 1. The normalized spacial score (nSPS) is 31.3. The van der Waals surface area contributed by atoms with Crippen LogP contribution >= 0.6 is 0 Å². The third kappa shape index (κ3) is 3.55. The lowest BCUT2D eigenvalue weighted by atomic mass is 9.78. The number of likely N-dealkylation sites (tertiary alicyclic amines) is 1. The van der Waals surface area contributed by atoms with Crippen LogP contribution < -0.4 is 4.90 Å². The van der Waals surface area contributed by atoms with E-state index in [0.29, 0.717) is 18.5 Å². The van der Waals surface area contributed by atoms with Crippen molar-refractivity contribution in [2.75, 3.05) is 24.5 Å². The summed E-state index contributed by atoms with van der Waals surface area (Å²) in [6.07, 6.45) is 6.34. The average molecular weight is 367 g/mol. The van der Waals surface area contributed by atoms with E-state index in [9.17, 15) is 9.90 Å². The van der Waals surface area contributed by atoms with Crippen molar-refractivity contribution in [2.24, 2.45) is 5.41 Å². The van der Waals surface area contributed by atoms with Gasteiger partial charge in [0.2, 0.25) is 12.5 Å². The second kappa shape index (κ2) is 7.52. The lowest BCUT2D eigenvalue weighted by Crippen LogP contribution is -2.50. The molecular formula is C22H29N3O2. The maximum absolute atomic E-state index is 13.4. The van der Waals surface area contributed by atoms with Crippen LogP contribution in [0.3, 0.4) is 0 Å². The fourth-order valence-corrected chi connectivity index (χ4v) is 5.20. The molecule has 3 aliphatic rings. The summed E-state index contributed by atoms with van der Waals surface area (Å²) in [6.45, 7) is 10.1. The maximum atomic E-state index is 13.4. The number of aliphatic hydroxyl groups is 1. The van der Waals surface area contributed by atoms with Crippen LogP contribution in [-0.4, -0.2) is 47.7 Å². The molecule has 27 heavy (non-hydrogen) atoms. The molecule has 2 saturated heterocycles. The van der Waals surface area contributed by atoms with Crippen LogP contribution in [0.15, 0.2) is 24.3 Å². The molecule has 1 atom stereocenters. The van der Waals surface area contributed by atoms with Crippen molar-refractivity contribution in [3.05, 3.63) is 41.2 Å². The van der Waals surface area contributed by atoms with E-state index in [4.69, 9.17) is 6.57 Å². The van der Waals surface area contributed by atoms with Crippen LogP contribution in [0.1, 0.15) is 50.5 Å². The number of nitrogens with zero attached hydrogens (tertiary/aromatic N) is 3. The van der Waals surface area contributed by atoms with Gasteiger partial charge in [-0.2, -0.15) is 0 Å². The molecule has 1 spiro atoms. The molecule has 0 aromatic heterocycles. The van der Waals surface area contributed by atoms with Crippen LogP contribution in [0.5, 0.6) is 0 Å². The highest BCUT2D eigenvalue weighted by molar-refractivity contribution is 5.86. The Morgan fingerprint density at radius 3 is 2.56 bits per heavy atom. The SMILES string of the molecule is [C-]#[N+]Cc1ccc(N2CCC[C@@]3(CCN(C4CCC(O)CC4)C3=O)C2)cc1. The molecule has 1 aromatic carbocycles. The second-order valence-electron chi connectivity index (χ2n) is 8.50. The van der Waals surface area contributed by atoms with E-state index >= 15 is 0 Å². The van der Waals surface area contributed by atoms with Crippen molar-refractivity contribution in [2.45, 2.75) is 63.6 Å². The van der Waals surface area contributed by atoms with Crippen molar-refractivity contribution >= 4 is 11.6 Å². The minimum atomic E-state index is -0.233. The number of rotatable bonds is 3. The summed E-state index contributed by atoms with van der Waals surface area (Å²) in [4.78, 5) is 21.3. The Bertz CT molecular complexity index is 718. The van der Waals surface area contributed by atoms with E-state index in [2.05, 4.69) is 26.8 Å². The standard InChI is InChI=1S/C22H29N3O2/c1-23-15-17-3-5-18(6-4-17)24-13-2-11-22(16-24)12-14-25(21(22)27)19-7-9-20(26)10-8-19/h3-6,19-20,26H,2,7-16H2/t19?,20?,22-/m1/s1. The van der Waals surface area contributed by atoms with Gasteiger partial charge in [0.1, 0.15) is 0 Å². The molecule has 2 heterocycles. The fraction of sp³-hybridized carbons (Fsp3) is 0.636. The number of hydrogen-bond acceptors (Lipinski definition) is 3. The Hall–Kier alpha value is -2.06. The van der Waals surface area contributed by atoms with Gasteiger partial charge >= 0.3 is 0 Å². The van der Waals surface area contributed by atoms with E-state index in [0.717, 1.165) is 75.8 Å². The zero-order valence-electron chi connectivity index (χ0n) is 15.9. The van der Waals surface area contributed by atoms with Crippen LogP contribution in [0, 0.1) is 12.0 Å². The summed E-state index contributed by atoms with van der Waals surface area (Å²) in [5, 5.41) is 9.77. The van der Waals surface area contributed by atoms with Gasteiger partial charge < -0.3 is 19.8 Å². The molecule has 0 bridgehead atoms. The third-order valence-electron chi connectivity index (χ3n) is 6.79. The summed E-state index contributed by atoms with van der Waals surface area (Å²) in [5.74, 6) is 0.346. The van der Waals surface area contributed by atoms with Gasteiger partial charge in [0.25, 0.3) is 0 Å². The van der Waals surface area contributed by atoms with E-state index in [-0.39, 0.29) is 11.5 Å². The van der Waals surface area contributed by atoms with Gasteiger partial charge in [0.05, 0.1) is 11.5 Å². The summed E-state index contributed by atoms with van der Waals surface area (Å²) in [5.41, 5.74) is 1.97. The van der Waals surface area contributed by atoms with Gasteiger partial charge in [-0.25, -0.2) is 6.57 Å². The molecule has 1 N–H and O–H groups in total. The zero-order valence-corrected chi connectivity index (χ0v) is 15.9. The van der Waals surface area contributed by atoms with Gasteiger partial charge in [0.15, 0.2) is 0 Å². The molecular weight excluding hydrogens is 338 g/mol. The molecule has 3 fully saturated rings. The molecule has 1 amide bonds. The first-order valence-electron chi connectivity index (χ1n) is 10.3. The fourth-order valence-electron chi connectivity index (χ4n) is 5.20. The lowest BCUT2D eigenvalue weighted by Gasteiger charge is -2.41. The van der Waals surface area contributed by atoms with Crippen LogP contribution in [0.25, 0.3) is 4.85 Å². The van der Waals surface area contributed by atoms with Crippen LogP contribution in [0.4, 0.5) is 5.69 Å². The molecule has 0 radical (unpaired) electrons. The van der Waals surface area contributed by atoms with Crippen LogP contribution in [-0.2, 0) is 11.3 Å². The molecule has 0 unspecified atom stereocenters. The highest BCUT2D eigenvalue weighted by atomic mass is 16.3. The molecule has 4 rings (SSSR count). The number of carbonyl (C=O) groups is 1. The summed E-state index contributed by atoms with van der Waals surface area (Å²) < 4.78 is 0. The Kier molecular flexibility index (Phi) is 5.10. The molecule has 1 saturated carbocycles. The summed E-state index contributed by atoms with van der Waals surface area (Å²) >= 11 is 0. The summed E-state index contributed by atoms with van der Waals surface area (Å²) in [7, 11) is 0. The van der Waals surface area contributed by atoms with Gasteiger partial charge in [-0.05, 0) is 69.2 Å². The quantitative estimate of drug-likeness (QED) is 0.835. The van der Waals surface area contributed by atoms with Gasteiger partial charge in [-0.1, -0.05) is 0 Å². The maximum Gasteiger partial charge on any atom is 0.239 e. The number of benzene rings is 1. The first kappa shape index (κ1) is 18.3. The summed E-state index contributed by atoms with van der Waals surface area (Å²) in [6, 6.07) is 8.58. The van der Waals surface area contributed by atoms with Crippen molar-refractivity contribution in [3.8, 4) is 0 Å². The second-order valence-corrected chi connectivity index (χ2v) is 8.50. The predicted octanol–water partition coefficient (Wildman–Crippen LogP) is 3.23. The first-order chi connectivity index (χ1) is 13.1. The smallest absolute Gasteiger partial charge is 0.239 e. The highest BCUT2D eigenvalue weighted by Crippen LogP contribution is 2.43. The Labute approximate surface area is 161 Å². The van der Waals surface area contributed by atoms with E-state index in [1.165, 1.54) is 0 Å². The molecule has 2 aliphatic heterocycles. The minimum absolute atomic E-state index is 0.177. The lowest BCUT2D eigenvalue weighted by molar-refractivity contribution is -0.139. The highest BCUT2D eigenvalue weighted by Gasteiger charge is 2.50. The van der Waals surface area contributed by atoms with Crippen molar-refractivity contribution in [1.82, 2.24) is 4.90 Å². The monoisotopic (exact) mass is 367 g/mol. The zero-order chi connectivity index (χ0) is 18.9. The van der Waals surface area contributed by atoms with Gasteiger partial charge in [0, 0.05) is 36.9 Å². The number of aliphatic hydroxyl groups excluding tert-OH is 1. The number of carbonyl (C=O) groups excluding carboxylic acids is 1. The Morgan fingerprint density at radius 1 is 1.11 bits per heavy atom. The number of hydrogen-bond donors (Lipinski definition) is 1. The number of piperidine rings is 1. The Morgan fingerprint density at radius 2 is 1.85 bits per heavy atom. The van der Waals surface area contributed by atoms with Crippen LogP contribution in [0.2, 0.25) is 0 Å². The average Bonchev–Trinajstić information content (AvgIpc) is 2.99. The Balaban J connectivity index is 1.45. The molecule has 1 aliphatic carbocycles. The van der Waals surface area contributed by atoms with Crippen molar-refractivity contribution in [1.29, 1.82) is 0 Å². The largest absolute Gasteiger partial charge is 0.393 e. The van der Waals surface area contributed by atoms with E-state index in [1.54, 1.807) is 0 Å². The first-order valence-corrected chi connectivity index (χ1v) is 10.3. The number of anilines is 1. The third-order valence-corrected chi connectivity index (χ3v) is 6.79. The van der Waals surface area contributed by atoms with Crippen molar-refractivity contribution in [3.63, 3.8) is 0 Å². The van der Waals surface area contributed by atoms with E-state index in [1.807, 2.05) is 12.1 Å². The molecule has 1 aromatic rings. The molecule has 5 nitrogen and oxygen atoms in total. The van der Waals surface area contributed by atoms with Gasteiger partial charge in [-0.3, -0.25) is 4.79 Å².